The lowest BCUT2D eigenvalue weighted by Crippen LogP contribution is -2.35. The molecule has 0 radical (unpaired) electrons. The molecule has 2 amide bonds. The number of fused-ring (bicyclic) bond motifs is 1. The quantitative estimate of drug-likeness (QED) is 0.408. The molecule has 2 aromatic heterocycles. The molecule has 11 nitrogen and oxygen atoms in total. The van der Waals surface area contributed by atoms with E-state index in [1.54, 1.807) is 58.2 Å². The molecule has 3 N–H and O–H groups in total. The predicted molar refractivity (Wildman–Crippen MR) is 139 cm³/mol. The summed E-state index contributed by atoms with van der Waals surface area (Å²) < 4.78 is 11.5. The van der Waals surface area contributed by atoms with E-state index in [-0.39, 0.29) is 28.8 Å². The minimum absolute atomic E-state index is 0.0573. The zero-order chi connectivity index (χ0) is 26.7. The van der Waals surface area contributed by atoms with E-state index in [1.165, 1.54) is 6.07 Å². The van der Waals surface area contributed by atoms with E-state index < -0.39 is 29.6 Å². The Bertz CT molecular complexity index is 1390. The van der Waals surface area contributed by atoms with Crippen LogP contribution in [-0.2, 0) is 14.3 Å². The summed E-state index contributed by atoms with van der Waals surface area (Å²) in [5.41, 5.74) is -0.196. The minimum atomic E-state index is -0.754. The summed E-state index contributed by atoms with van der Waals surface area (Å²) in [7, 11) is 0. The van der Waals surface area contributed by atoms with Crippen LogP contribution < -0.4 is 16.0 Å². The number of aromatic nitrogens is 2. The van der Waals surface area contributed by atoms with Crippen molar-refractivity contribution in [1.82, 2.24) is 15.1 Å². The summed E-state index contributed by atoms with van der Waals surface area (Å²) in [4.78, 5) is 51.6. The summed E-state index contributed by atoms with van der Waals surface area (Å²) in [6.45, 7) is 7.02. The van der Waals surface area contributed by atoms with E-state index in [0.717, 1.165) is 16.0 Å². The van der Waals surface area contributed by atoms with Gasteiger partial charge >= 0.3 is 12.1 Å². The number of benzene rings is 1. The average molecular weight is 526 g/mol. The first kappa shape index (κ1) is 25.9. The van der Waals surface area contributed by atoms with Crippen molar-refractivity contribution in [2.24, 2.45) is 0 Å². The zero-order valence-electron chi connectivity index (χ0n) is 20.8. The highest BCUT2D eigenvalue weighted by Crippen LogP contribution is 2.33. The van der Waals surface area contributed by atoms with E-state index in [4.69, 9.17) is 9.47 Å². The first-order valence-corrected chi connectivity index (χ1v) is 12.4. The molecular formula is C25H27N5O6S. The number of esters is 1. The highest BCUT2D eigenvalue weighted by Gasteiger charge is 2.27. The Morgan fingerprint density at radius 3 is 2.62 bits per heavy atom. The van der Waals surface area contributed by atoms with Crippen molar-refractivity contribution in [1.29, 1.82) is 0 Å². The molecule has 1 unspecified atom stereocenters. The number of ether oxygens (including phenoxy) is 2. The van der Waals surface area contributed by atoms with Crippen LogP contribution in [0.3, 0.4) is 0 Å². The molecule has 1 aliphatic rings. The lowest BCUT2D eigenvalue weighted by molar-refractivity contribution is -0.117. The SMILES string of the molecule is CCOC(=O)n1nc(NC(=O)c2ccccc2NC(=O)C2CC=CN2)c2cc(C(=O)OC(C)(C)C)sc21. The highest BCUT2D eigenvalue weighted by molar-refractivity contribution is 7.20. The lowest BCUT2D eigenvalue weighted by atomic mass is 10.1. The van der Waals surface area contributed by atoms with Gasteiger partial charge < -0.3 is 25.4 Å². The van der Waals surface area contributed by atoms with Gasteiger partial charge in [-0.05, 0) is 58.5 Å². The number of amides is 2. The topological polar surface area (TPSA) is 141 Å². The van der Waals surface area contributed by atoms with Gasteiger partial charge in [0.1, 0.15) is 21.4 Å². The van der Waals surface area contributed by atoms with Gasteiger partial charge in [0, 0.05) is 0 Å². The summed E-state index contributed by atoms with van der Waals surface area (Å²) >= 11 is 1.00. The normalized spacial score (nSPS) is 14.8. The molecule has 3 aromatic rings. The zero-order valence-corrected chi connectivity index (χ0v) is 21.6. The summed E-state index contributed by atoms with van der Waals surface area (Å²) in [6.07, 6.45) is 3.35. The second-order valence-corrected chi connectivity index (χ2v) is 10.2. The molecule has 0 saturated heterocycles. The Balaban J connectivity index is 1.64. The van der Waals surface area contributed by atoms with E-state index in [2.05, 4.69) is 21.0 Å². The van der Waals surface area contributed by atoms with Gasteiger partial charge in [-0.3, -0.25) is 9.59 Å². The van der Waals surface area contributed by atoms with Crippen LogP contribution in [0.15, 0.2) is 42.6 Å². The molecule has 37 heavy (non-hydrogen) atoms. The molecule has 0 fully saturated rings. The van der Waals surface area contributed by atoms with Gasteiger partial charge in [0.05, 0.1) is 23.2 Å². The van der Waals surface area contributed by atoms with Gasteiger partial charge in [0.2, 0.25) is 5.91 Å². The number of hydrogen-bond donors (Lipinski definition) is 3. The minimum Gasteiger partial charge on any atom is -0.456 e. The number of para-hydroxylation sites is 1. The number of carbonyl (C=O) groups excluding carboxylic acids is 4. The van der Waals surface area contributed by atoms with Gasteiger partial charge in [0.25, 0.3) is 5.91 Å². The first-order chi connectivity index (χ1) is 17.6. The Kier molecular flexibility index (Phi) is 7.30. The second kappa shape index (κ2) is 10.4. The van der Waals surface area contributed by atoms with Crippen molar-refractivity contribution in [3.63, 3.8) is 0 Å². The fourth-order valence-corrected chi connectivity index (χ4v) is 4.54. The van der Waals surface area contributed by atoms with Gasteiger partial charge in [-0.15, -0.1) is 16.4 Å². The maximum absolute atomic E-state index is 13.3. The maximum Gasteiger partial charge on any atom is 0.436 e. The van der Waals surface area contributed by atoms with Gasteiger partial charge in [0.15, 0.2) is 5.82 Å². The first-order valence-electron chi connectivity index (χ1n) is 11.6. The Morgan fingerprint density at radius 1 is 1.19 bits per heavy atom. The van der Waals surface area contributed by atoms with Gasteiger partial charge in [-0.25, -0.2) is 9.59 Å². The standard InChI is InChI=1S/C25H27N5O6S/c1-5-35-24(34)30-22-15(13-18(37-22)23(33)36-25(2,3)4)19(29-30)28-20(31)14-9-6-7-10-16(14)27-21(32)17-11-8-12-26-17/h6-10,12-13,17,26H,5,11H2,1-4H3,(H,27,32)(H,28,29,31). The summed E-state index contributed by atoms with van der Waals surface area (Å²) in [5.74, 6) is -1.35. The van der Waals surface area contributed by atoms with Crippen molar-refractivity contribution in [3.8, 4) is 0 Å². The molecule has 4 rings (SSSR count). The molecular weight excluding hydrogens is 498 g/mol. The van der Waals surface area contributed by atoms with Gasteiger partial charge in [-0.2, -0.15) is 4.68 Å². The molecule has 0 saturated carbocycles. The van der Waals surface area contributed by atoms with Crippen molar-refractivity contribution < 1.29 is 28.7 Å². The third-order valence-electron chi connectivity index (χ3n) is 5.17. The van der Waals surface area contributed by atoms with Crippen molar-refractivity contribution in [3.05, 3.63) is 53.0 Å². The fraction of sp³-hybridized carbons (Fsp3) is 0.320. The third kappa shape index (κ3) is 5.80. The van der Waals surface area contributed by atoms with Crippen LogP contribution >= 0.6 is 11.3 Å². The van der Waals surface area contributed by atoms with Gasteiger partial charge in [-0.1, -0.05) is 18.2 Å². The number of nitrogens with one attached hydrogen (secondary N) is 3. The smallest absolute Gasteiger partial charge is 0.436 e. The van der Waals surface area contributed by atoms with Crippen molar-refractivity contribution in [2.75, 3.05) is 17.2 Å². The lowest BCUT2D eigenvalue weighted by Gasteiger charge is -2.18. The van der Waals surface area contributed by atoms with Crippen LogP contribution in [0.5, 0.6) is 0 Å². The van der Waals surface area contributed by atoms with E-state index in [0.29, 0.717) is 22.3 Å². The summed E-state index contributed by atoms with van der Waals surface area (Å²) in [5, 5.41) is 13.0. The van der Waals surface area contributed by atoms with Crippen LogP contribution in [0.2, 0.25) is 0 Å². The maximum atomic E-state index is 13.3. The molecule has 0 bridgehead atoms. The third-order valence-corrected chi connectivity index (χ3v) is 6.26. The Labute approximate surface area is 216 Å². The summed E-state index contributed by atoms with van der Waals surface area (Å²) in [6, 6.07) is 7.63. The molecule has 1 aliphatic heterocycles. The predicted octanol–water partition coefficient (Wildman–Crippen LogP) is 4.12. The number of rotatable bonds is 6. The number of carbonyl (C=O) groups is 4. The van der Waals surface area contributed by atoms with Crippen molar-refractivity contribution >= 4 is 56.9 Å². The molecule has 3 heterocycles. The molecule has 12 heteroatoms. The number of nitrogens with zero attached hydrogens (tertiary/aromatic N) is 2. The molecule has 0 spiro atoms. The molecule has 1 aromatic carbocycles. The van der Waals surface area contributed by atoms with Crippen LogP contribution in [0.4, 0.5) is 16.3 Å². The molecule has 0 aliphatic carbocycles. The second-order valence-electron chi connectivity index (χ2n) is 9.14. The monoisotopic (exact) mass is 525 g/mol. The van der Waals surface area contributed by atoms with Crippen LogP contribution in [-0.4, -0.2) is 51.9 Å². The fourth-order valence-electron chi connectivity index (χ4n) is 3.56. The van der Waals surface area contributed by atoms with Crippen LogP contribution in [0, 0.1) is 0 Å². The van der Waals surface area contributed by atoms with Crippen LogP contribution in [0.25, 0.3) is 10.2 Å². The molecule has 194 valence electrons. The average Bonchev–Trinajstić information content (AvgIpc) is 3.57. The van der Waals surface area contributed by atoms with Crippen molar-refractivity contribution in [2.45, 2.75) is 45.8 Å². The number of hydrogen-bond acceptors (Lipinski definition) is 9. The highest BCUT2D eigenvalue weighted by atomic mass is 32.1. The molecule has 1 atom stereocenters. The Hall–Kier alpha value is -4.19. The Morgan fingerprint density at radius 2 is 1.95 bits per heavy atom. The van der Waals surface area contributed by atoms with E-state index >= 15 is 0 Å². The van der Waals surface area contributed by atoms with E-state index in [1.807, 2.05) is 6.08 Å². The largest absolute Gasteiger partial charge is 0.456 e. The number of anilines is 2. The van der Waals surface area contributed by atoms with E-state index in [9.17, 15) is 19.2 Å². The number of thiophene rings is 1. The van der Waals surface area contributed by atoms with Crippen LogP contribution in [0.1, 0.15) is 54.1 Å².